The number of fused-ring (bicyclic) bond motifs is 1. The van der Waals surface area contributed by atoms with Crippen LogP contribution in [0.3, 0.4) is 0 Å². The minimum atomic E-state index is -1.36. The average Bonchev–Trinajstić information content (AvgIpc) is 3.43. The molecule has 9 nitrogen and oxygen atoms in total. The standard InChI is InChI=1S/C21H23N3O6S/c1-20(29-13-21(14-30-20)27-8-9-28-21)12-26-16-6-7-22-15(10-16)11-31(25)19-23-17-4-2-3-5-18(17)24-19/h2-7,10H,8-9,11-14H2,1H3,(H,23,24)/t31-/m1/s1. The number of nitrogens with zero attached hydrogens (tertiary/aromatic N) is 2. The number of hydrogen-bond acceptors (Lipinski definition) is 8. The second-order valence-corrected chi connectivity index (χ2v) is 9.01. The SMILES string of the molecule is CC1(COc2ccnc(C[S@@](=O)c3nc4ccccc4[nH]3)c2)OCC2(CO1)OCCO2. The van der Waals surface area contributed by atoms with Crippen molar-refractivity contribution in [3.05, 3.63) is 48.3 Å². The molecule has 0 saturated carbocycles. The zero-order valence-corrected chi connectivity index (χ0v) is 17.9. The van der Waals surface area contributed by atoms with Crippen molar-refractivity contribution in [2.45, 2.75) is 29.4 Å². The van der Waals surface area contributed by atoms with Crippen LogP contribution in [-0.2, 0) is 35.5 Å². The van der Waals surface area contributed by atoms with E-state index in [9.17, 15) is 4.21 Å². The Morgan fingerprint density at radius 2 is 1.90 bits per heavy atom. The highest BCUT2D eigenvalue weighted by atomic mass is 32.2. The van der Waals surface area contributed by atoms with E-state index < -0.39 is 22.4 Å². The number of pyridine rings is 1. The Balaban J connectivity index is 1.19. The first-order chi connectivity index (χ1) is 15.0. The molecule has 0 unspecified atom stereocenters. The lowest BCUT2D eigenvalue weighted by Gasteiger charge is -2.41. The van der Waals surface area contributed by atoms with E-state index in [1.807, 2.05) is 31.2 Å². The molecule has 0 aliphatic carbocycles. The van der Waals surface area contributed by atoms with Gasteiger partial charge in [-0.3, -0.25) is 9.19 Å². The van der Waals surface area contributed by atoms with Gasteiger partial charge in [0.1, 0.15) is 25.6 Å². The predicted octanol–water partition coefficient (Wildman–Crippen LogP) is 2.15. The molecule has 31 heavy (non-hydrogen) atoms. The lowest BCUT2D eigenvalue weighted by molar-refractivity contribution is -0.360. The lowest BCUT2D eigenvalue weighted by atomic mass is 10.2. The van der Waals surface area contributed by atoms with Gasteiger partial charge in [0.2, 0.25) is 5.79 Å². The molecule has 2 aliphatic heterocycles. The topological polar surface area (TPSA) is 105 Å². The van der Waals surface area contributed by atoms with Gasteiger partial charge in [-0.05, 0) is 25.1 Å². The van der Waals surface area contributed by atoms with Gasteiger partial charge in [-0.1, -0.05) is 12.1 Å². The minimum absolute atomic E-state index is 0.180. The highest BCUT2D eigenvalue weighted by Crippen LogP contribution is 2.30. The van der Waals surface area contributed by atoms with Crippen molar-refractivity contribution < 1.29 is 27.9 Å². The quantitative estimate of drug-likeness (QED) is 0.615. The summed E-state index contributed by atoms with van der Waals surface area (Å²) in [7, 11) is -1.36. The third-order valence-electron chi connectivity index (χ3n) is 5.16. The van der Waals surface area contributed by atoms with Crippen molar-refractivity contribution in [1.82, 2.24) is 15.0 Å². The molecule has 0 radical (unpaired) electrons. The van der Waals surface area contributed by atoms with E-state index in [1.54, 1.807) is 18.3 Å². The van der Waals surface area contributed by atoms with Crippen molar-refractivity contribution >= 4 is 21.8 Å². The van der Waals surface area contributed by atoms with Crippen molar-refractivity contribution in [1.29, 1.82) is 0 Å². The average molecular weight is 445 g/mol. The van der Waals surface area contributed by atoms with Gasteiger partial charge in [-0.15, -0.1) is 0 Å². The first-order valence-electron chi connectivity index (χ1n) is 9.99. The summed E-state index contributed by atoms with van der Waals surface area (Å²) in [6, 6.07) is 11.1. The van der Waals surface area contributed by atoms with Crippen LogP contribution in [-0.4, -0.2) is 63.8 Å². The van der Waals surface area contributed by atoms with Crippen molar-refractivity contribution in [2.24, 2.45) is 0 Å². The van der Waals surface area contributed by atoms with Crippen LogP contribution < -0.4 is 4.74 Å². The Morgan fingerprint density at radius 3 is 2.68 bits per heavy atom. The van der Waals surface area contributed by atoms with Gasteiger partial charge in [0.25, 0.3) is 0 Å². The molecular weight excluding hydrogens is 422 g/mol. The monoisotopic (exact) mass is 445 g/mol. The molecule has 2 aromatic heterocycles. The van der Waals surface area contributed by atoms with Crippen LogP contribution in [0.1, 0.15) is 12.6 Å². The zero-order valence-electron chi connectivity index (χ0n) is 17.0. The molecule has 10 heteroatoms. The summed E-state index contributed by atoms with van der Waals surface area (Å²) in [6.07, 6.45) is 1.63. The normalized spacial score (nSPS) is 20.8. The Bertz CT molecular complexity index is 1050. The summed E-state index contributed by atoms with van der Waals surface area (Å²) in [5, 5.41) is 0.427. The molecule has 1 spiro atoms. The Labute approximate surface area is 181 Å². The van der Waals surface area contributed by atoms with Crippen LogP contribution in [0.25, 0.3) is 11.0 Å². The molecule has 4 heterocycles. The number of benzene rings is 1. The third-order valence-corrected chi connectivity index (χ3v) is 6.34. The number of H-pyrrole nitrogens is 1. The molecule has 1 N–H and O–H groups in total. The molecule has 1 atom stereocenters. The second-order valence-electron chi connectivity index (χ2n) is 7.64. The minimum Gasteiger partial charge on any atom is -0.488 e. The number of hydrogen-bond donors (Lipinski definition) is 1. The van der Waals surface area contributed by atoms with Crippen LogP contribution in [0, 0.1) is 0 Å². The number of aromatic nitrogens is 3. The number of para-hydroxylation sites is 2. The Kier molecular flexibility index (Phi) is 5.49. The lowest BCUT2D eigenvalue weighted by Crippen LogP contribution is -2.55. The summed E-state index contributed by atoms with van der Waals surface area (Å²) < 4.78 is 41.5. The third kappa shape index (κ3) is 4.48. The summed E-state index contributed by atoms with van der Waals surface area (Å²) in [5.41, 5.74) is 2.28. The van der Waals surface area contributed by atoms with E-state index in [2.05, 4.69) is 15.0 Å². The van der Waals surface area contributed by atoms with E-state index >= 15 is 0 Å². The fourth-order valence-corrected chi connectivity index (χ4v) is 4.42. The van der Waals surface area contributed by atoms with Crippen LogP contribution in [0.15, 0.2) is 47.8 Å². The maximum Gasteiger partial charge on any atom is 0.216 e. The second kappa shape index (κ2) is 8.29. The molecule has 164 valence electrons. The molecule has 1 aromatic carbocycles. The molecule has 2 fully saturated rings. The molecule has 5 rings (SSSR count). The molecule has 0 amide bonds. The van der Waals surface area contributed by atoms with E-state index in [1.165, 1.54) is 0 Å². The van der Waals surface area contributed by atoms with Crippen molar-refractivity contribution in [3.8, 4) is 5.75 Å². The zero-order chi connectivity index (χ0) is 21.3. The smallest absolute Gasteiger partial charge is 0.216 e. The molecule has 3 aromatic rings. The van der Waals surface area contributed by atoms with Gasteiger partial charge in [0, 0.05) is 12.3 Å². The van der Waals surface area contributed by atoms with Crippen LogP contribution in [0.2, 0.25) is 0 Å². The number of nitrogens with one attached hydrogen (secondary N) is 1. The number of ether oxygens (including phenoxy) is 5. The first kappa shape index (κ1) is 20.5. The van der Waals surface area contributed by atoms with Crippen LogP contribution >= 0.6 is 0 Å². The predicted molar refractivity (Wildman–Crippen MR) is 111 cm³/mol. The number of aromatic amines is 1. The largest absolute Gasteiger partial charge is 0.488 e. The van der Waals surface area contributed by atoms with E-state index in [0.29, 0.717) is 29.8 Å². The number of rotatable bonds is 6. The summed E-state index contributed by atoms with van der Waals surface area (Å²) in [4.78, 5) is 11.8. The maximum absolute atomic E-state index is 12.7. The maximum atomic E-state index is 12.7. The van der Waals surface area contributed by atoms with Gasteiger partial charge < -0.3 is 28.7 Å². The van der Waals surface area contributed by atoms with E-state index in [0.717, 1.165) is 11.0 Å². The molecule has 2 saturated heterocycles. The van der Waals surface area contributed by atoms with Crippen LogP contribution in [0.5, 0.6) is 5.75 Å². The Morgan fingerprint density at radius 1 is 1.13 bits per heavy atom. The van der Waals surface area contributed by atoms with Gasteiger partial charge in [0.15, 0.2) is 10.9 Å². The highest BCUT2D eigenvalue weighted by Gasteiger charge is 2.46. The van der Waals surface area contributed by atoms with E-state index in [-0.39, 0.29) is 25.6 Å². The summed E-state index contributed by atoms with van der Waals surface area (Å²) in [6.45, 7) is 3.63. The Hall–Kier alpha value is -2.37. The van der Waals surface area contributed by atoms with Gasteiger partial charge in [0.05, 0.1) is 46.5 Å². The number of imidazole rings is 1. The van der Waals surface area contributed by atoms with Gasteiger partial charge in [-0.2, -0.15) is 0 Å². The van der Waals surface area contributed by atoms with E-state index in [4.69, 9.17) is 23.7 Å². The molecule has 2 aliphatic rings. The van der Waals surface area contributed by atoms with Crippen molar-refractivity contribution in [3.63, 3.8) is 0 Å². The molecule has 0 bridgehead atoms. The summed E-state index contributed by atoms with van der Waals surface area (Å²) in [5.74, 6) is -0.905. The van der Waals surface area contributed by atoms with Crippen molar-refractivity contribution in [2.75, 3.05) is 33.0 Å². The summed E-state index contributed by atoms with van der Waals surface area (Å²) >= 11 is 0. The molecular formula is C21H23N3O6S. The highest BCUT2D eigenvalue weighted by molar-refractivity contribution is 7.84. The first-order valence-corrected chi connectivity index (χ1v) is 11.3. The van der Waals surface area contributed by atoms with Gasteiger partial charge >= 0.3 is 0 Å². The fraction of sp³-hybridized carbons (Fsp3) is 0.429. The fourth-order valence-electron chi connectivity index (χ4n) is 3.43. The van der Waals surface area contributed by atoms with Gasteiger partial charge in [-0.25, -0.2) is 4.98 Å². The van der Waals surface area contributed by atoms with Crippen LogP contribution in [0.4, 0.5) is 0 Å².